The van der Waals surface area contributed by atoms with Gasteiger partial charge in [0.15, 0.2) is 6.29 Å². The second-order valence-electron chi connectivity index (χ2n) is 8.04. The summed E-state index contributed by atoms with van der Waals surface area (Å²) >= 11 is 0. The van der Waals surface area contributed by atoms with E-state index in [0.29, 0.717) is 41.2 Å². The van der Waals surface area contributed by atoms with Gasteiger partial charge in [-0.3, -0.25) is 9.59 Å². The van der Waals surface area contributed by atoms with Crippen LogP contribution < -0.4 is 10.1 Å². The second-order valence-corrected chi connectivity index (χ2v) is 8.04. The van der Waals surface area contributed by atoms with Gasteiger partial charge < -0.3 is 14.8 Å². The molecule has 0 fully saturated rings. The summed E-state index contributed by atoms with van der Waals surface area (Å²) in [7, 11) is 1.29. The van der Waals surface area contributed by atoms with Crippen LogP contribution in [0, 0.1) is 5.92 Å². The molecule has 0 bridgehead atoms. The van der Waals surface area contributed by atoms with Crippen LogP contribution >= 0.6 is 0 Å². The van der Waals surface area contributed by atoms with Crippen LogP contribution in [0.1, 0.15) is 46.5 Å². The number of carbonyl (C=O) groups is 3. The van der Waals surface area contributed by atoms with E-state index in [9.17, 15) is 14.4 Å². The fourth-order valence-corrected chi connectivity index (χ4v) is 3.43. The van der Waals surface area contributed by atoms with E-state index in [2.05, 4.69) is 5.32 Å². The van der Waals surface area contributed by atoms with E-state index in [0.717, 1.165) is 11.8 Å². The first-order chi connectivity index (χ1) is 15.9. The van der Waals surface area contributed by atoms with E-state index >= 15 is 0 Å². The van der Waals surface area contributed by atoms with E-state index in [1.807, 2.05) is 44.2 Å². The zero-order valence-electron chi connectivity index (χ0n) is 19.0. The highest BCUT2D eigenvalue weighted by molar-refractivity contribution is 6.02. The van der Waals surface area contributed by atoms with Gasteiger partial charge >= 0.3 is 5.97 Å². The summed E-state index contributed by atoms with van der Waals surface area (Å²) in [6.07, 6.45) is 1.10. The minimum Gasteiger partial charge on any atom is -0.489 e. The van der Waals surface area contributed by atoms with Gasteiger partial charge in [-0.25, -0.2) is 4.79 Å². The third-order valence-electron chi connectivity index (χ3n) is 4.99. The molecule has 6 heteroatoms. The third-order valence-corrected chi connectivity index (χ3v) is 4.99. The van der Waals surface area contributed by atoms with Crippen LogP contribution in [0.15, 0.2) is 66.7 Å². The SMILES string of the molecule is COC(=O)c1cc(NC(=O)CC(C)C)ccc1-c1ccc(OCc2ccccc2)cc1C=O. The Morgan fingerprint density at radius 3 is 2.36 bits per heavy atom. The van der Waals surface area contributed by atoms with Gasteiger partial charge in [-0.15, -0.1) is 0 Å². The Balaban J connectivity index is 1.90. The molecule has 3 rings (SSSR count). The Kier molecular flexibility index (Phi) is 7.97. The Bertz CT molecular complexity index is 1140. The molecule has 3 aromatic carbocycles. The van der Waals surface area contributed by atoms with Gasteiger partial charge in [-0.05, 0) is 52.9 Å². The van der Waals surface area contributed by atoms with Crippen molar-refractivity contribution in [3.8, 4) is 16.9 Å². The molecule has 0 saturated carbocycles. The van der Waals surface area contributed by atoms with Gasteiger partial charge in [0.25, 0.3) is 0 Å². The van der Waals surface area contributed by atoms with Crippen LogP contribution in [-0.2, 0) is 16.1 Å². The van der Waals surface area contributed by atoms with E-state index in [1.165, 1.54) is 7.11 Å². The fourth-order valence-electron chi connectivity index (χ4n) is 3.43. The fraction of sp³-hybridized carbons (Fsp3) is 0.222. The lowest BCUT2D eigenvalue weighted by Crippen LogP contribution is -2.14. The minimum absolute atomic E-state index is 0.137. The number of benzene rings is 3. The number of hydrogen-bond acceptors (Lipinski definition) is 5. The van der Waals surface area contributed by atoms with Gasteiger partial charge in [0.2, 0.25) is 5.91 Å². The van der Waals surface area contributed by atoms with Gasteiger partial charge in [0, 0.05) is 17.7 Å². The Labute approximate surface area is 193 Å². The van der Waals surface area contributed by atoms with Gasteiger partial charge in [0.05, 0.1) is 12.7 Å². The number of carbonyl (C=O) groups excluding carboxylic acids is 3. The van der Waals surface area contributed by atoms with Gasteiger partial charge in [-0.2, -0.15) is 0 Å². The van der Waals surface area contributed by atoms with Gasteiger partial charge in [-0.1, -0.05) is 50.2 Å². The topological polar surface area (TPSA) is 81.7 Å². The van der Waals surface area contributed by atoms with Crippen LogP contribution in [0.5, 0.6) is 5.75 Å². The molecule has 0 atom stereocenters. The van der Waals surface area contributed by atoms with Crippen molar-refractivity contribution < 1.29 is 23.9 Å². The number of nitrogens with one attached hydrogen (secondary N) is 1. The standard InChI is InChI=1S/C27H27NO5/c1-18(2)13-26(30)28-21-9-11-24(25(15-21)27(31)32-3)23-12-10-22(14-20(23)16-29)33-17-19-7-5-4-6-8-19/h4-12,14-16,18H,13,17H2,1-3H3,(H,28,30). The molecule has 0 saturated heterocycles. The Hall–Kier alpha value is -3.93. The highest BCUT2D eigenvalue weighted by Crippen LogP contribution is 2.32. The van der Waals surface area contributed by atoms with E-state index < -0.39 is 5.97 Å². The lowest BCUT2D eigenvalue weighted by atomic mass is 9.95. The maximum atomic E-state index is 12.5. The zero-order valence-corrected chi connectivity index (χ0v) is 19.0. The number of esters is 1. The minimum atomic E-state index is -0.564. The maximum absolute atomic E-state index is 12.5. The summed E-state index contributed by atoms with van der Waals surface area (Å²) in [6, 6.07) is 19.8. The van der Waals surface area contributed by atoms with Crippen molar-refractivity contribution in [2.24, 2.45) is 5.92 Å². The number of aldehydes is 1. The summed E-state index contributed by atoms with van der Waals surface area (Å²) < 4.78 is 10.8. The number of ether oxygens (including phenoxy) is 2. The number of methoxy groups -OCH3 is 1. The molecule has 0 aliphatic carbocycles. The molecule has 0 aliphatic heterocycles. The highest BCUT2D eigenvalue weighted by atomic mass is 16.5. The maximum Gasteiger partial charge on any atom is 0.338 e. The predicted molar refractivity (Wildman–Crippen MR) is 127 cm³/mol. The first-order valence-electron chi connectivity index (χ1n) is 10.7. The molecule has 0 unspecified atom stereocenters. The molecule has 170 valence electrons. The first kappa shape index (κ1) is 23.7. The third kappa shape index (κ3) is 6.29. The summed E-state index contributed by atoms with van der Waals surface area (Å²) in [6.45, 7) is 4.28. The normalized spacial score (nSPS) is 10.5. The van der Waals surface area contributed by atoms with Crippen LogP contribution in [0.25, 0.3) is 11.1 Å². The van der Waals surface area contributed by atoms with Crippen molar-refractivity contribution in [2.45, 2.75) is 26.9 Å². The lowest BCUT2D eigenvalue weighted by Gasteiger charge is -2.14. The summed E-state index contributed by atoms with van der Waals surface area (Å²) in [5.74, 6) is 0.0530. The predicted octanol–water partition coefficient (Wildman–Crippen LogP) is 5.52. The molecule has 1 N–H and O–H groups in total. The quantitative estimate of drug-likeness (QED) is 0.347. The summed E-state index contributed by atoms with van der Waals surface area (Å²) in [5.41, 5.74) is 3.22. The van der Waals surface area contributed by atoms with Crippen LogP contribution in [-0.4, -0.2) is 25.3 Å². The molecule has 0 heterocycles. The zero-order chi connectivity index (χ0) is 23.8. The number of anilines is 1. The Morgan fingerprint density at radius 1 is 0.970 bits per heavy atom. The molecule has 0 spiro atoms. The molecule has 0 radical (unpaired) electrons. The van der Waals surface area contributed by atoms with Crippen molar-refractivity contribution in [3.63, 3.8) is 0 Å². The van der Waals surface area contributed by atoms with E-state index in [4.69, 9.17) is 9.47 Å². The summed E-state index contributed by atoms with van der Waals surface area (Å²) in [4.78, 5) is 36.5. The monoisotopic (exact) mass is 445 g/mol. The molecule has 3 aromatic rings. The largest absolute Gasteiger partial charge is 0.489 e. The lowest BCUT2D eigenvalue weighted by molar-refractivity contribution is -0.116. The molecule has 0 aromatic heterocycles. The molecule has 1 amide bonds. The smallest absolute Gasteiger partial charge is 0.338 e. The van der Waals surface area contributed by atoms with E-state index in [1.54, 1.807) is 36.4 Å². The van der Waals surface area contributed by atoms with Crippen LogP contribution in [0.4, 0.5) is 5.69 Å². The van der Waals surface area contributed by atoms with Gasteiger partial charge in [0.1, 0.15) is 12.4 Å². The Morgan fingerprint density at radius 2 is 1.70 bits per heavy atom. The number of amides is 1. The summed E-state index contributed by atoms with van der Waals surface area (Å²) in [5, 5.41) is 2.81. The van der Waals surface area contributed by atoms with Crippen molar-refractivity contribution in [1.29, 1.82) is 0 Å². The molecule has 0 aliphatic rings. The van der Waals surface area contributed by atoms with Crippen molar-refractivity contribution in [1.82, 2.24) is 0 Å². The molecule has 33 heavy (non-hydrogen) atoms. The average molecular weight is 446 g/mol. The molecular formula is C27H27NO5. The first-order valence-corrected chi connectivity index (χ1v) is 10.7. The van der Waals surface area contributed by atoms with Crippen LogP contribution in [0.3, 0.4) is 0 Å². The second kappa shape index (κ2) is 11.1. The number of hydrogen-bond donors (Lipinski definition) is 1. The average Bonchev–Trinajstić information content (AvgIpc) is 2.82. The van der Waals surface area contributed by atoms with Crippen molar-refractivity contribution >= 4 is 23.9 Å². The van der Waals surface area contributed by atoms with Crippen molar-refractivity contribution in [2.75, 3.05) is 12.4 Å². The highest BCUT2D eigenvalue weighted by Gasteiger charge is 2.18. The molecular weight excluding hydrogens is 418 g/mol. The number of rotatable bonds is 9. The van der Waals surface area contributed by atoms with E-state index in [-0.39, 0.29) is 17.4 Å². The van der Waals surface area contributed by atoms with Crippen LogP contribution in [0.2, 0.25) is 0 Å². The van der Waals surface area contributed by atoms with Crippen molar-refractivity contribution in [3.05, 3.63) is 83.4 Å². The molecule has 6 nitrogen and oxygen atoms in total.